The summed E-state index contributed by atoms with van der Waals surface area (Å²) in [6.45, 7) is 13.8. The lowest BCUT2D eigenvalue weighted by Gasteiger charge is -2.13. The number of hydrogen-bond donors (Lipinski definition) is 6. The van der Waals surface area contributed by atoms with Crippen LogP contribution in [0.3, 0.4) is 0 Å². The van der Waals surface area contributed by atoms with Gasteiger partial charge in [0.1, 0.15) is 0 Å². The molecule has 0 aromatic heterocycles. The number of carboxylic acid groups (broad SMARTS) is 3. The highest BCUT2D eigenvalue weighted by atomic mass is 16.4. The Morgan fingerprint density at radius 3 is 1.06 bits per heavy atom. The van der Waals surface area contributed by atoms with Gasteiger partial charge in [-0.25, -0.2) is 0 Å². The lowest BCUT2D eigenvalue weighted by molar-refractivity contribution is -0.135. The van der Waals surface area contributed by atoms with E-state index in [-0.39, 0.29) is 11.8 Å². The van der Waals surface area contributed by atoms with Gasteiger partial charge in [0.2, 0.25) is 0 Å². The maximum absolute atomic E-state index is 12.3. The molecule has 0 saturated heterocycles. The number of para-hydroxylation sites is 2. The van der Waals surface area contributed by atoms with Gasteiger partial charge in [-0.3, -0.25) is 34.0 Å². The molecular weight excluding hydrogens is 606 g/mol. The van der Waals surface area contributed by atoms with Crippen LogP contribution in [0.15, 0.2) is 46.4 Å². The predicted octanol–water partition coefficient (Wildman–Crippen LogP) is 4.52. The molecule has 47 heavy (non-hydrogen) atoms. The highest BCUT2D eigenvalue weighted by Crippen LogP contribution is 2.23. The summed E-state index contributed by atoms with van der Waals surface area (Å²) in [4.78, 5) is 59.9. The molecule has 0 bridgehead atoms. The minimum atomic E-state index is -0.833. The number of carbonyl (C=O) groups excluding carboxylic acids is 2. The van der Waals surface area contributed by atoms with E-state index < -0.39 is 17.9 Å². The zero-order valence-corrected chi connectivity index (χ0v) is 28.6. The van der Waals surface area contributed by atoms with E-state index >= 15 is 0 Å². The number of aliphatic imine (C=N–C) groups is 2. The quantitative estimate of drug-likeness (QED) is 0.125. The molecule has 0 aliphatic rings. The topological polar surface area (TPSA) is 207 Å². The van der Waals surface area contributed by atoms with Crippen molar-refractivity contribution in [2.75, 3.05) is 36.8 Å². The molecule has 0 fully saturated rings. The molecule has 0 radical (unpaired) electrons. The fourth-order valence-corrected chi connectivity index (χ4v) is 3.82. The smallest absolute Gasteiger partial charge is 0.300 e. The molecule has 0 heterocycles. The highest BCUT2D eigenvalue weighted by Gasteiger charge is 2.09. The Morgan fingerprint density at radius 2 is 0.830 bits per heavy atom. The Morgan fingerprint density at radius 1 is 0.574 bits per heavy atom. The van der Waals surface area contributed by atoms with Crippen LogP contribution in [0, 0.1) is 0 Å². The lowest BCUT2D eigenvalue weighted by atomic mass is 10.0. The summed E-state index contributed by atoms with van der Waals surface area (Å²) >= 11 is 0. The van der Waals surface area contributed by atoms with Crippen LogP contribution >= 0.6 is 0 Å². The number of anilines is 2. The number of carboxylic acids is 3. The number of aliphatic carboxylic acids is 3. The van der Waals surface area contributed by atoms with Gasteiger partial charge in [-0.2, -0.15) is 0 Å². The second-order valence-corrected chi connectivity index (χ2v) is 9.67. The molecule has 2 rings (SSSR count). The van der Waals surface area contributed by atoms with E-state index in [9.17, 15) is 9.59 Å². The number of nitrogens with zero attached hydrogens (tertiary/aromatic N) is 2. The van der Waals surface area contributed by atoms with E-state index in [4.69, 9.17) is 29.7 Å². The van der Waals surface area contributed by atoms with E-state index in [1.807, 2.05) is 36.4 Å². The van der Waals surface area contributed by atoms with Crippen LogP contribution in [0.4, 0.5) is 11.4 Å². The van der Waals surface area contributed by atoms with Crippen molar-refractivity contribution >= 4 is 53.5 Å². The SMILES string of the molecule is CC(=O)O.CC(=O)O.CC(=O)O.CCc1cccc(CC)c1NC(=O)C=NCCNCCN=CC(=O)Nc1c(CC)cccc1CC. The van der Waals surface area contributed by atoms with Gasteiger partial charge in [-0.1, -0.05) is 64.1 Å². The van der Waals surface area contributed by atoms with E-state index in [1.165, 1.54) is 12.4 Å². The summed E-state index contributed by atoms with van der Waals surface area (Å²) in [5.74, 6) is -2.93. The maximum Gasteiger partial charge on any atom is 0.300 e. The number of benzene rings is 2. The van der Waals surface area contributed by atoms with Crippen molar-refractivity contribution in [3.8, 4) is 0 Å². The Balaban J connectivity index is 0. The van der Waals surface area contributed by atoms with Gasteiger partial charge in [0.05, 0.1) is 25.5 Å². The number of nitrogens with one attached hydrogen (secondary N) is 3. The fraction of sp³-hybridized carbons (Fsp3) is 0.441. The first-order valence-electron chi connectivity index (χ1n) is 15.4. The Bertz CT molecular complexity index is 1160. The van der Waals surface area contributed by atoms with Gasteiger partial charge in [0, 0.05) is 45.2 Å². The summed E-state index contributed by atoms with van der Waals surface area (Å²) in [5.41, 5.74) is 6.31. The van der Waals surface area contributed by atoms with Crippen LogP contribution in [0.25, 0.3) is 0 Å². The fourth-order valence-electron chi connectivity index (χ4n) is 3.82. The van der Waals surface area contributed by atoms with Crippen LogP contribution in [0.5, 0.6) is 0 Å². The van der Waals surface area contributed by atoms with Crippen molar-refractivity contribution in [3.63, 3.8) is 0 Å². The summed E-state index contributed by atoms with van der Waals surface area (Å²) in [6.07, 6.45) is 6.13. The van der Waals surface area contributed by atoms with Gasteiger partial charge < -0.3 is 31.3 Å². The van der Waals surface area contributed by atoms with Crippen molar-refractivity contribution in [3.05, 3.63) is 58.7 Å². The van der Waals surface area contributed by atoms with Gasteiger partial charge >= 0.3 is 0 Å². The molecule has 0 aliphatic carbocycles. The van der Waals surface area contributed by atoms with Gasteiger partial charge in [-0.15, -0.1) is 0 Å². The van der Waals surface area contributed by atoms with Gasteiger partial charge in [0.25, 0.3) is 29.7 Å². The molecule has 6 N–H and O–H groups in total. The van der Waals surface area contributed by atoms with Crippen LogP contribution in [-0.2, 0) is 49.7 Å². The Labute approximate surface area is 277 Å². The van der Waals surface area contributed by atoms with Crippen LogP contribution in [0.2, 0.25) is 0 Å². The molecule has 2 aromatic carbocycles. The van der Waals surface area contributed by atoms with E-state index in [0.29, 0.717) is 26.2 Å². The molecule has 0 spiro atoms. The molecule has 13 nitrogen and oxygen atoms in total. The van der Waals surface area contributed by atoms with Crippen molar-refractivity contribution in [2.45, 2.75) is 74.1 Å². The largest absolute Gasteiger partial charge is 0.481 e. The standard InChI is InChI=1S/C28H39N5O2.3C2H4O2/c1-5-21-11-9-12-22(6-2)27(21)32-25(34)19-30-17-15-29-16-18-31-20-26(35)33-28-23(7-3)13-10-14-24(28)8-4;3*1-2(3)4/h9-14,19-20,29H,5-8,15-18H2,1-4H3,(H,32,34)(H,33,35);3*1H3,(H,3,4). The van der Waals surface area contributed by atoms with Crippen molar-refractivity contribution < 1.29 is 39.3 Å². The Kier molecular flexibility index (Phi) is 25.8. The number of rotatable bonds is 14. The first-order chi connectivity index (χ1) is 22.2. The van der Waals surface area contributed by atoms with E-state index in [0.717, 1.165) is 80.1 Å². The first-order valence-corrected chi connectivity index (χ1v) is 15.4. The minimum Gasteiger partial charge on any atom is -0.481 e. The highest BCUT2D eigenvalue weighted by molar-refractivity contribution is 6.32. The number of aryl methyl sites for hydroxylation is 4. The predicted molar refractivity (Wildman–Crippen MR) is 187 cm³/mol. The van der Waals surface area contributed by atoms with E-state index in [2.05, 4.69) is 53.6 Å². The van der Waals surface area contributed by atoms with E-state index in [1.54, 1.807) is 0 Å². The molecule has 0 atom stereocenters. The number of amides is 2. The van der Waals surface area contributed by atoms with Gasteiger partial charge in [-0.05, 0) is 47.9 Å². The van der Waals surface area contributed by atoms with Crippen molar-refractivity contribution in [1.29, 1.82) is 0 Å². The monoisotopic (exact) mass is 657 g/mol. The third kappa shape index (κ3) is 24.1. The molecule has 2 amide bonds. The number of hydrogen-bond acceptors (Lipinski definition) is 8. The molecular formula is C34H51N5O8. The summed E-state index contributed by atoms with van der Waals surface area (Å²) in [6, 6.07) is 12.2. The van der Waals surface area contributed by atoms with Crippen LogP contribution < -0.4 is 16.0 Å². The lowest BCUT2D eigenvalue weighted by Crippen LogP contribution is -2.22. The zero-order valence-electron chi connectivity index (χ0n) is 28.6. The second kappa shape index (κ2) is 27.4. The molecule has 0 saturated carbocycles. The Hall–Kier alpha value is -4.91. The van der Waals surface area contributed by atoms with Gasteiger partial charge in [0.15, 0.2) is 0 Å². The third-order valence-corrected chi connectivity index (χ3v) is 5.75. The molecule has 2 aromatic rings. The molecule has 13 heteroatoms. The molecule has 260 valence electrons. The third-order valence-electron chi connectivity index (χ3n) is 5.75. The summed E-state index contributed by atoms with van der Waals surface area (Å²) in [7, 11) is 0. The molecule has 0 aliphatic heterocycles. The average Bonchev–Trinajstić information content (AvgIpc) is 2.99. The first kappa shape index (κ1) is 44.2. The molecule has 0 unspecified atom stereocenters. The number of carbonyl (C=O) groups is 5. The zero-order chi connectivity index (χ0) is 36.2. The van der Waals surface area contributed by atoms with Crippen molar-refractivity contribution in [1.82, 2.24) is 5.32 Å². The maximum atomic E-state index is 12.3. The second-order valence-electron chi connectivity index (χ2n) is 9.67. The summed E-state index contributed by atoms with van der Waals surface area (Å²) < 4.78 is 0. The summed E-state index contributed by atoms with van der Waals surface area (Å²) in [5, 5.41) is 31.4. The van der Waals surface area contributed by atoms with Crippen molar-refractivity contribution in [2.24, 2.45) is 9.98 Å². The normalized spacial score (nSPS) is 10.0. The average molecular weight is 658 g/mol. The van der Waals surface area contributed by atoms with Crippen LogP contribution in [0.1, 0.15) is 70.7 Å². The minimum absolute atomic E-state index is 0.216. The van der Waals surface area contributed by atoms with Crippen LogP contribution in [-0.4, -0.2) is 83.7 Å².